The third-order valence-electron chi connectivity index (χ3n) is 6.62. The van der Waals surface area contributed by atoms with E-state index in [1.807, 2.05) is 30.3 Å². The van der Waals surface area contributed by atoms with Gasteiger partial charge in [0, 0.05) is 51.5 Å². The van der Waals surface area contributed by atoms with Crippen LogP contribution in [0.3, 0.4) is 0 Å². The van der Waals surface area contributed by atoms with Crippen LogP contribution in [0.15, 0.2) is 78.9 Å². The van der Waals surface area contributed by atoms with Crippen molar-refractivity contribution in [3.8, 4) is 0 Å². The van der Waals surface area contributed by atoms with Gasteiger partial charge < -0.3 is 10.0 Å². The van der Waals surface area contributed by atoms with E-state index in [0.717, 1.165) is 60.6 Å². The third kappa shape index (κ3) is 6.42. The number of nitro benzene ring substituents is 1. The van der Waals surface area contributed by atoms with Crippen LogP contribution in [-0.2, 0) is 6.54 Å². The van der Waals surface area contributed by atoms with Gasteiger partial charge >= 0.3 is 0 Å². The van der Waals surface area contributed by atoms with Crippen molar-refractivity contribution in [1.82, 2.24) is 9.80 Å². The number of aliphatic hydroxyl groups excluding tert-OH is 1. The van der Waals surface area contributed by atoms with E-state index in [1.165, 1.54) is 5.56 Å². The van der Waals surface area contributed by atoms with E-state index in [-0.39, 0.29) is 17.2 Å². The molecule has 0 atom stereocenters. The normalized spacial score (nSPS) is 15.6. The Morgan fingerprint density at radius 2 is 1.46 bits per heavy atom. The van der Waals surface area contributed by atoms with Crippen molar-refractivity contribution in [2.75, 3.05) is 39.8 Å². The van der Waals surface area contributed by atoms with Crippen LogP contribution >= 0.6 is 0 Å². The van der Waals surface area contributed by atoms with Crippen LogP contribution < -0.4 is 0 Å². The second-order valence-electron chi connectivity index (χ2n) is 9.13. The Kier molecular flexibility index (Phi) is 8.42. The zero-order valence-electron chi connectivity index (χ0n) is 20.3. The maximum atomic E-state index is 11.2. The van der Waals surface area contributed by atoms with Crippen molar-refractivity contribution in [2.24, 2.45) is 0 Å². The number of allylic oxidation sites excluding steroid dienone is 1. The molecule has 3 aromatic rings. The lowest BCUT2D eigenvalue weighted by Gasteiger charge is -2.32. The maximum absolute atomic E-state index is 11.2. The second kappa shape index (κ2) is 11.9. The Morgan fingerprint density at radius 3 is 2.03 bits per heavy atom. The molecule has 1 fully saturated rings. The molecule has 0 unspecified atom stereocenters. The largest absolute Gasteiger partial charge is 0.396 e. The highest BCUT2D eigenvalue weighted by molar-refractivity contribution is 5.98. The number of nitro groups is 1. The van der Waals surface area contributed by atoms with Crippen LogP contribution in [0.4, 0.5) is 5.69 Å². The van der Waals surface area contributed by atoms with Gasteiger partial charge in [0.05, 0.1) is 4.92 Å². The van der Waals surface area contributed by atoms with Crippen molar-refractivity contribution in [2.45, 2.75) is 19.4 Å². The Balaban J connectivity index is 1.73. The van der Waals surface area contributed by atoms with Crippen LogP contribution in [0.25, 0.3) is 11.1 Å². The van der Waals surface area contributed by atoms with E-state index in [9.17, 15) is 15.2 Å². The first-order valence-electron chi connectivity index (χ1n) is 12.2. The van der Waals surface area contributed by atoms with Gasteiger partial charge in [-0.1, -0.05) is 54.6 Å². The van der Waals surface area contributed by atoms with Crippen molar-refractivity contribution in [1.29, 1.82) is 0 Å². The van der Waals surface area contributed by atoms with Crippen molar-refractivity contribution in [3.63, 3.8) is 0 Å². The number of piperazine rings is 1. The zero-order valence-corrected chi connectivity index (χ0v) is 20.3. The summed E-state index contributed by atoms with van der Waals surface area (Å²) in [5.74, 6) is 0. The van der Waals surface area contributed by atoms with E-state index in [2.05, 4.69) is 53.2 Å². The van der Waals surface area contributed by atoms with Gasteiger partial charge in [-0.25, -0.2) is 0 Å². The molecule has 35 heavy (non-hydrogen) atoms. The predicted molar refractivity (Wildman–Crippen MR) is 141 cm³/mol. The number of rotatable bonds is 9. The first kappa shape index (κ1) is 24.8. The summed E-state index contributed by atoms with van der Waals surface area (Å²) in [6.07, 6.45) is 1.35. The molecule has 0 amide bonds. The molecule has 0 spiro atoms. The highest BCUT2D eigenvalue weighted by atomic mass is 16.6. The minimum absolute atomic E-state index is 0.0762. The molecule has 1 N–H and O–H groups in total. The van der Waals surface area contributed by atoms with Gasteiger partial charge in [0.2, 0.25) is 0 Å². The average Bonchev–Trinajstić information content (AvgIpc) is 2.89. The van der Waals surface area contributed by atoms with Crippen LogP contribution in [0, 0.1) is 10.1 Å². The molecule has 1 aliphatic heterocycles. The molecule has 1 heterocycles. The lowest BCUT2D eigenvalue weighted by molar-refractivity contribution is -0.384. The summed E-state index contributed by atoms with van der Waals surface area (Å²) < 4.78 is 0. The van der Waals surface area contributed by atoms with Crippen molar-refractivity contribution < 1.29 is 10.0 Å². The first-order chi connectivity index (χ1) is 17.0. The van der Waals surface area contributed by atoms with Gasteiger partial charge in [0.1, 0.15) is 0 Å². The number of aliphatic hydroxyl groups is 1. The number of likely N-dealkylation sites (N-methyl/N-ethyl adjacent to an activating group) is 1. The molecule has 0 aliphatic carbocycles. The third-order valence-corrected chi connectivity index (χ3v) is 6.62. The Labute approximate surface area is 207 Å². The Bertz CT molecular complexity index is 1130. The Morgan fingerprint density at radius 1 is 0.857 bits per heavy atom. The summed E-state index contributed by atoms with van der Waals surface area (Å²) in [5, 5.41) is 20.8. The monoisotopic (exact) mass is 471 g/mol. The van der Waals surface area contributed by atoms with Gasteiger partial charge in [-0.15, -0.1) is 0 Å². The Hall–Kier alpha value is -3.32. The predicted octanol–water partition coefficient (Wildman–Crippen LogP) is 5.07. The highest BCUT2D eigenvalue weighted by Gasteiger charge is 2.17. The molecule has 0 aromatic heterocycles. The maximum Gasteiger partial charge on any atom is 0.269 e. The summed E-state index contributed by atoms with van der Waals surface area (Å²) >= 11 is 0. The SMILES string of the molecule is CN1CCN(Cc2ccc(C(=C(CCCO)c3ccccc3)c3ccc([N+](=O)[O-])cc3)cc2)CC1. The number of benzene rings is 3. The first-order valence-corrected chi connectivity index (χ1v) is 12.2. The molecule has 0 saturated carbocycles. The summed E-state index contributed by atoms with van der Waals surface area (Å²) in [6, 6.07) is 25.7. The fraction of sp³-hybridized carbons (Fsp3) is 0.310. The second-order valence-corrected chi connectivity index (χ2v) is 9.13. The molecular weight excluding hydrogens is 438 g/mol. The van der Waals surface area contributed by atoms with E-state index >= 15 is 0 Å². The number of non-ortho nitro benzene ring substituents is 1. The van der Waals surface area contributed by atoms with E-state index in [1.54, 1.807) is 12.1 Å². The van der Waals surface area contributed by atoms with E-state index in [4.69, 9.17) is 0 Å². The van der Waals surface area contributed by atoms with Crippen LogP contribution in [0.2, 0.25) is 0 Å². The molecule has 6 heteroatoms. The molecule has 1 aliphatic rings. The molecular formula is C29H33N3O3. The topological polar surface area (TPSA) is 69.8 Å². The molecule has 6 nitrogen and oxygen atoms in total. The van der Waals surface area contributed by atoms with Crippen molar-refractivity contribution in [3.05, 3.63) is 111 Å². The molecule has 0 radical (unpaired) electrons. The van der Waals surface area contributed by atoms with E-state index in [0.29, 0.717) is 12.8 Å². The van der Waals surface area contributed by atoms with Gasteiger partial charge in [0.15, 0.2) is 0 Å². The molecule has 0 bridgehead atoms. The molecule has 1 saturated heterocycles. The quantitative estimate of drug-likeness (QED) is 0.268. The smallest absolute Gasteiger partial charge is 0.269 e. The lowest BCUT2D eigenvalue weighted by Crippen LogP contribution is -2.43. The van der Waals surface area contributed by atoms with Gasteiger partial charge in [-0.05, 0) is 65.4 Å². The minimum Gasteiger partial charge on any atom is -0.396 e. The fourth-order valence-electron chi connectivity index (χ4n) is 4.61. The van der Waals surface area contributed by atoms with Crippen LogP contribution in [0.5, 0.6) is 0 Å². The summed E-state index contributed by atoms with van der Waals surface area (Å²) in [4.78, 5) is 15.7. The zero-order chi connectivity index (χ0) is 24.6. The van der Waals surface area contributed by atoms with Crippen LogP contribution in [-0.4, -0.2) is 59.7 Å². The number of nitrogens with zero attached hydrogens (tertiary/aromatic N) is 3. The van der Waals surface area contributed by atoms with Crippen LogP contribution in [0.1, 0.15) is 35.1 Å². The standard InChI is InChI=1S/C29H33N3O3/c1-30-17-19-31(20-18-30)22-23-9-11-25(12-10-23)29(26-13-15-27(16-14-26)32(34)35)28(8-5-21-33)24-6-3-2-4-7-24/h2-4,6-7,9-16,33H,5,8,17-22H2,1H3. The fourth-order valence-corrected chi connectivity index (χ4v) is 4.61. The number of hydrogen-bond acceptors (Lipinski definition) is 5. The number of hydrogen-bond donors (Lipinski definition) is 1. The summed E-state index contributed by atoms with van der Waals surface area (Å²) in [7, 11) is 2.17. The summed E-state index contributed by atoms with van der Waals surface area (Å²) in [6.45, 7) is 5.37. The van der Waals surface area contributed by atoms with E-state index < -0.39 is 0 Å². The minimum atomic E-state index is -0.371. The average molecular weight is 472 g/mol. The molecule has 4 rings (SSSR count). The van der Waals surface area contributed by atoms with Gasteiger partial charge in [0.25, 0.3) is 5.69 Å². The highest BCUT2D eigenvalue weighted by Crippen LogP contribution is 2.36. The lowest BCUT2D eigenvalue weighted by atomic mass is 9.87. The molecule has 182 valence electrons. The van der Waals surface area contributed by atoms with Gasteiger partial charge in [-0.3, -0.25) is 15.0 Å². The van der Waals surface area contributed by atoms with Crippen molar-refractivity contribution >= 4 is 16.8 Å². The van der Waals surface area contributed by atoms with Gasteiger partial charge in [-0.2, -0.15) is 0 Å². The molecule has 3 aromatic carbocycles. The summed E-state index contributed by atoms with van der Waals surface area (Å²) in [5.41, 5.74) is 6.61.